The maximum atomic E-state index is 13.6. The van der Waals surface area contributed by atoms with Crippen LogP contribution >= 0.6 is 0 Å². The number of nitrogens with one attached hydrogen (secondary N) is 2. The van der Waals surface area contributed by atoms with Gasteiger partial charge in [0.15, 0.2) is 11.6 Å². The van der Waals surface area contributed by atoms with Crippen LogP contribution in [-0.2, 0) is 14.8 Å². The first kappa shape index (κ1) is 20.7. The molecule has 1 aromatic rings. The van der Waals surface area contributed by atoms with E-state index in [0.29, 0.717) is 38.2 Å². The zero-order chi connectivity index (χ0) is 19.3. The Labute approximate surface area is 153 Å². The summed E-state index contributed by atoms with van der Waals surface area (Å²) >= 11 is 0. The van der Waals surface area contributed by atoms with Crippen molar-refractivity contribution in [3.05, 3.63) is 35.4 Å². The highest BCUT2D eigenvalue weighted by atomic mass is 32.2. The zero-order valence-electron chi connectivity index (χ0n) is 15.0. The summed E-state index contributed by atoms with van der Waals surface area (Å²) in [6.45, 7) is 5.13. The summed E-state index contributed by atoms with van der Waals surface area (Å²) < 4.78 is 52.4. The molecule has 2 rings (SSSR count). The van der Waals surface area contributed by atoms with E-state index in [0.717, 1.165) is 12.1 Å². The van der Waals surface area contributed by atoms with E-state index < -0.39 is 39.4 Å². The fourth-order valence-corrected chi connectivity index (χ4v) is 4.66. The SMILES string of the molecule is CCN(CC)S(=O)(=O)CC(=O)NC1CNCCC1c1ccc(F)c(F)c1. The average molecular weight is 389 g/mol. The van der Waals surface area contributed by atoms with Crippen molar-refractivity contribution in [1.82, 2.24) is 14.9 Å². The number of carbonyl (C=O) groups is 1. The van der Waals surface area contributed by atoms with Gasteiger partial charge in [-0.2, -0.15) is 0 Å². The van der Waals surface area contributed by atoms with E-state index >= 15 is 0 Å². The number of piperidine rings is 1. The van der Waals surface area contributed by atoms with Crippen LogP contribution < -0.4 is 10.6 Å². The van der Waals surface area contributed by atoms with Gasteiger partial charge in [0.25, 0.3) is 0 Å². The molecule has 6 nitrogen and oxygen atoms in total. The van der Waals surface area contributed by atoms with Gasteiger partial charge in [0.05, 0.1) is 0 Å². The van der Waals surface area contributed by atoms with E-state index in [-0.39, 0.29) is 5.92 Å². The van der Waals surface area contributed by atoms with E-state index in [4.69, 9.17) is 0 Å². The molecule has 1 aliphatic rings. The topological polar surface area (TPSA) is 78.5 Å². The van der Waals surface area contributed by atoms with Gasteiger partial charge in [-0.3, -0.25) is 4.79 Å². The third kappa shape index (κ3) is 4.99. The van der Waals surface area contributed by atoms with Crippen LogP contribution in [0.15, 0.2) is 18.2 Å². The highest BCUT2D eigenvalue weighted by molar-refractivity contribution is 7.89. The summed E-state index contributed by atoms with van der Waals surface area (Å²) in [7, 11) is -3.68. The normalized spacial score (nSPS) is 21.0. The van der Waals surface area contributed by atoms with Crippen LogP contribution in [0.2, 0.25) is 0 Å². The molecule has 0 saturated carbocycles. The Morgan fingerprint density at radius 3 is 2.58 bits per heavy atom. The minimum atomic E-state index is -3.68. The lowest BCUT2D eigenvalue weighted by Gasteiger charge is -2.33. The molecule has 26 heavy (non-hydrogen) atoms. The number of nitrogens with zero attached hydrogens (tertiary/aromatic N) is 1. The van der Waals surface area contributed by atoms with Crippen molar-refractivity contribution in [1.29, 1.82) is 0 Å². The molecular formula is C17H25F2N3O3S. The molecule has 1 heterocycles. The molecule has 0 spiro atoms. The standard InChI is InChI=1S/C17H25F2N3O3S/c1-3-22(4-2)26(24,25)11-17(23)21-16-10-20-8-7-13(16)12-5-6-14(18)15(19)9-12/h5-6,9,13,16,20H,3-4,7-8,10-11H2,1-2H3,(H,21,23). The lowest BCUT2D eigenvalue weighted by Crippen LogP contribution is -2.52. The van der Waals surface area contributed by atoms with Crippen LogP contribution in [0, 0.1) is 11.6 Å². The third-order valence-electron chi connectivity index (χ3n) is 4.61. The van der Waals surface area contributed by atoms with Crippen molar-refractivity contribution >= 4 is 15.9 Å². The Balaban J connectivity index is 2.10. The molecule has 1 amide bonds. The van der Waals surface area contributed by atoms with Crippen molar-refractivity contribution in [3.63, 3.8) is 0 Å². The van der Waals surface area contributed by atoms with Crippen LogP contribution in [0.5, 0.6) is 0 Å². The molecule has 2 atom stereocenters. The first-order chi connectivity index (χ1) is 12.3. The number of sulfonamides is 1. The molecule has 0 aliphatic carbocycles. The summed E-state index contributed by atoms with van der Waals surface area (Å²) in [5, 5.41) is 5.87. The van der Waals surface area contributed by atoms with Crippen molar-refractivity contribution in [2.45, 2.75) is 32.2 Å². The second kappa shape index (κ2) is 8.88. The molecule has 1 aromatic carbocycles. The number of benzene rings is 1. The largest absolute Gasteiger partial charge is 0.351 e. The van der Waals surface area contributed by atoms with Crippen LogP contribution in [0.1, 0.15) is 31.7 Å². The Bertz CT molecular complexity index is 739. The molecule has 2 N–H and O–H groups in total. The Morgan fingerprint density at radius 2 is 1.96 bits per heavy atom. The minimum absolute atomic E-state index is 0.216. The number of hydrogen-bond acceptors (Lipinski definition) is 4. The van der Waals surface area contributed by atoms with E-state index in [1.807, 2.05) is 0 Å². The smallest absolute Gasteiger partial charge is 0.236 e. The summed E-state index contributed by atoms with van der Waals surface area (Å²) in [5.74, 6) is -3.30. The van der Waals surface area contributed by atoms with Gasteiger partial charge < -0.3 is 10.6 Å². The van der Waals surface area contributed by atoms with Gasteiger partial charge in [-0.05, 0) is 30.7 Å². The quantitative estimate of drug-likeness (QED) is 0.735. The molecule has 0 bridgehead atoms. The number of hydrogen-bond donors (Lipinski definition) is 2. The average Bonchev–Trinajstić information content (AvgIpc) is 2.58. The highest BCUT2D eigenvalue weighted by Gasteiger charge is 2.30. The lowest BCUT2D eigenvalue weighted by atomic mass is 9.86. The molecule has 0 radical (unpaired) electrons. The summed E-state index contributed by atoms with van der Waals surface area (Å²) in [5.41, 5.74) is 0.585. The van der Waals surface area contributed by atoms with E-state index in [1.165, 1.54) is 10.4 Å². The number of rotatable bonds is 7. The molecule has 146 valence electrons. The van der Waals surface area contributed by atoms with Crippen molar-refractivity contribution in [2.24, 2.45) is 0 Å². The molecule has 1 saturated heterocycles. The summed E-state index contributed by atoms with van der Waals surface area (Å²) in [6.07, 6.45) is 0.624. The highest BCUT2D eigenvalue weighted by Crippen LogP contribution is 2.27. The third-order valence-corrected chi connectivity index (χ3v) is 6.54. The van der Waals surface area contributed by atoms with Crippen LogP contribution in [0.25, 0.3) is 0 Å². The van der Waals surface area contributed by atoms with Crippen molar-refractivity contribution in [3.8, 4) is 0 Å². The Hall–Kier alpha value is -1.58. The first-order valence-corrected chi connectivity index (χ1v) is 10.3. The maximum absolute atomic E-state index is 13.6. The zero-order valence-corrected chi connectivity index (χ0v) is 15.8. The lowest BCUT2D eigenvalue weighted by molar-refractivity contribution is -0.119. The van der Waals surface area contributed by atoms with Crippen LogP contribution in [0.3, 0.4) is 0 Å². The molecular weight excluding hydrogens is 364 g/mol. The fraction of sp³-hybridized carbons (Fsp3) is 0.588. The van der Waals surface area contributed by atoms with Gasteiger partial charge >= 0.3 is 0 Å². The van der Waals surface area contributed by atoms with Crippen LogP contribution in [-0.4, -0.2) is 56.6 Å². The monoisotopic (exact) mass is 389 g/mol. The maximum Gasteiger partial charge on any atom is 0.236 e. The molecule has 2 unspecified atom stereocenters. The molecule has 9 heteroatoms. The molecule has 0 aromatic heterocycles. The summed E-state index contributed by atoms with van der Waals surface area (Å²) in [6, 6.07) is 3.31. The first-order valence-electron chi connectivity index (χ1n) is 8.71. The van der Waals surface area contributed by atoms with Crippen molar-refractivity contribution in [2.75, 3.05) is 31.9 Å². The second-order valence-electron chi connectivity index (χ2n) is 6.29. The predicted molar refractivity (Wildman–Crippen MR) is 95.2 cm³/mol. The Morgan fingerprint density at radius 1 is 1.27 bits per heavy atom. The number of halogens is 2. The Kier molecular flexibility index (Phi) is 7.08. The van der Waals surface area contributed by atoms with Crippen molar-refractivity contribution < 1.29 is 22.0 Å². The summed E-state index contributed by atoms with van der Waals surface area (Å²) in [4.78, 5) is 12.3. The van der Waals surface area contributed by atoms with Gasteiger partial charge in [0.2, 0.25) is 15.9 Å². The molecule has 1 aliphatic heterocycles. The van der Waals surface area contributed by atoms with Gasteiger partial charge in [-0.25, -0.2) is 21.5 Å². The number of carbonyl (C=O) groups excluding carboxylic acids is 1. The second-order valence-corrected chi connectivity index (χ2v) is 8.26. The van der Waals surface area contributed by atoms with Gasteiger partial charge in [-0.15, -0.1) is 0 Å². The van der Waals surface area contributed by atoms with Gasteiger partial charge in [-0.1, -0.05) is 19.9 Å². The van der Waals surface area contributed by atoms with E-state index in [9.17, 15) is 22.0 Å². The minimum Gasteiger partial charge on any atom is -0.351 e. The van der Waals surface area contributed by atoms with E-state index in [1.54, 1.807) is 13.8 Å². The van der Waals surface area contributed by atoms with Gasteiger partial charge in [0, 0.05) is 31.6 Å². The molecule has 1 fully saturated rings. The fourth-order valence-electron chi connectivity index (χ4n) is 3.27. The van der Waals surface area contributed by atoms with E-state index in [2.05, 4.69) is 10.6 Å². The predicted octanol–water partition coefficient (Wildman–Crippen LogP) is 1.20. The number of amides is 1. The van der Waals surface area contributed by atoms with Crippen LogP contribution in [0.4, 0.5) is 8.78 Å². The van der Waals surface area contributed by atoms with Gasteiger partial charge in [0.1, 0.15) is 5.75 Å².